The Bertz CT molecular complexity index is 340. The zero-order chi connectivity index (χ0) is 9.30. The molecule has 0 saturated heterocycles. The number of benzene rings is 1. The van der Waals surface area contributed by atoms with Gasteiger partial charge in [0.25, 0.3) is 0 Å². The largest absolute Gasteiger partial charge is 0.768 e. The maximum Gasteiger partial charge on any atom is 0.0607 e. The van der Waals surface area contributed by atoms with Crippen LogP contribution in [0, 0.1) is 0 Å². The summed E-state index contributed by atoms with van der Waals surface area (Å²) in [6.07, 6.45) is 0. The molecule has 1 unspecified atom stereocenters. The Morgan fingerprint density at radius 2 is 1.58 bits per heavy atom. The smallest absolute Gasteiger partial charge is 0.0607 e. The Morgan fingerprint density at radius 3 is 2.08 bits per heavy atom. The third-order valence-electron chi connectivity index (χ3n) is 1.15. The molecule has 0 N–H and O–H groups in total. The van der Waals surface area contributed by atoms with Crippen molar-refractivity contribution in [1.82, 2.24) is 0 Å². The monoisotopic (exact) mass is 243 g/mol. The lowest BCUT2D eigenvalue weighted by atomic mass is 10.4. The number of hydrogen-bond acceptors (Lipinski definition) is 2. The molecular formula is C6H2Cl3O2S-. The molecule has 0 aliphatic carbocycles. The molecule has 0 aliphatic heterocycles. The minimum Gasteiger partial charge on any atom is -0.768 e. The zero-order valence-electron chi connectivity index (χ0n) is 5.51. The Balaban J connectivity index is 3.33. The highest BCUT2D eigenvalue weighted by Gasteiger charge is 2.05. The van der Waals surface area contributed by atoms with Crippen LogP contribution in [0.1, 0.15) is 0 Å². The summed E-state index contributed by atoms with van der Waals surface area (Å²) in [6, 6.07) is 2.49. The predicted molar refractivity (Wildman–Crippen MR) is 48.7 cm³/mol. The Kier molecular flexibility index (Phi) is 3.37. The molecule has 1 aromatic carbocycles. The molecule has 1 atom stereocenters. The maximum atomic E-state index is 10.5. The standard InChI is InChI=1S/C6H3Cl3O2S/c7-3-1-5(9)6(12(10)11)2-4(3)8/h1-2H,(H,10,11)/p-1. The molecule has 0 bridgehead atoms. The van der Waals surface area contributed by atoms with Crippen molar-refractivity contribution in [2.24, 2.45) is 0 Å². The van der Waals surface area contributed by atoms with E-state index in [9.17, 15) is 8.76 Å². The van der Waals surface area contributed by atoms with Crippen molar-refractivity contribution in [2.45, 2.75) is 4.90 Å². The normalized spacial score (nSPS) is 13.0. The van der Waals surface area contributed by atoms with Crippen molar-refractivity contribution < 1.29 is 8.76 Å². The lowest BCUT2D eigenvalue weighted by Crippen LogP contribution is -1.90. The molecule has 0 radical (unpaired) electrons. The van der Waals surface area contributed by atoms with Gasteiger partial charge < -0.3 is 4.55 Å². The van der Waals surface area contributed by atoms with E-state index in [4.69, 9.17) is 34.8 Å². The van der Waals surface area contributed by atoms with Crippen LogP contribution in [0.5, 0.6) is 0 Å². The van der Waals surface area contributed by atoms with Crippen LogP contribution in [0.25, 0.3) is 0 Å². The van der Waals surface area contributed by atoms with Gasteiger partial charge in [0.15, 0.2) is 0 Å². The van der Waals surface area contributed by atoms with E-state index < -0.39 is 11.1 Å². The zero-order valence-corrected chi connectivity index (χ0v) is 8.60. The maximum absolute atomic E-state index is 10.5. The first-order valence-electron chi connectivity index (χ1n) is 2.76. The Hall–Kier alpha value is 0.200. The van der Waals surface area contributed by atoms with Gasteiger partial charge in [0.05, 0.1) is 15.1 Å². The summed E-state index contributed by atoms with van der Waals surface area (Å²) in [7, 11) is 0. The Morgan fingerprint density at radius 1 is 1.08 bits per heavy atom. The fraction of sp³-hybridized carbons (Fsp3) is 0. The number of halogens is 3. The number of hydrogen-bond donors (Lipinski definition) is 0. The fourth-order valence-electron chi connectivity index (χ4n) is 0.632. The summed E-state index contributed by atoms with van der Waals surface area (Å²) < 4.78 is 21.0. The second-order valence-corrected chi connectivity index (χ2v) is 4.06. The van der Waals surface area contributed by atoms with E-state index in [0.29, 0.717) is 0 Å². The summed E-state index contributed by atoms with van der Waals surface area (Å²) in [4.78, 5) is -0.0499. The van der Waals surface area contributed by atoms with Gasteiger partial charge in [0.2, 0.25) is 0 Å². The van der Waals surface area contributed by atoms with Crippen molar-refractivity contribution in [2.75, 3.05) is 0 Å². The van der Waals surface area contributed by atoms with Gasteiger partial charge in [0.1, 0.15) is 0 Å². The molecular weight excluding hydrogens is 242 g/mol. The molecule has 1 aromatic rings. The highest BCUT2D eigenvalue weighted by Crippen LogP contribution is 2.30. The summed E-state index contributed by atoms with van der Waals surface area (Å²) in [6.45, 7) is 0. The van der Waals surface area contributed by atoms with E-state index >= 15 is 0 Å². The van der Waals surface area contributed by atoms with Crippen molar-refractivity contribution in [3.63, 3.8) is 0 Å². The molecule has 1 rings (SSSR count). The third-order valence-corrected chi connectivity index (χ3v) is 3.00. The van der Waals surface area contributed by atoms with E-state index in [0.717, 1.165) is 0 Å². The van der Waals surface area contributed by atoms with Gasteiger partial charge in [-0.05, 0) is 23.2 Å². The molecule has 12 heavy (non-hydrogen) atoms. The quantitative estimate of drug-likeness (QED) is 0.563. The van der Waals surface area contributed by atoms with E-state index in [1.165, 1.54) is 12.1 Å². The molecule has 0 fully saturated rings. The first kappa shape index (κ1) is 10.3. The minimum absolute atomic E-state index is 0.0499. The molecule has 6 heteroatoms. The van der Waals surface area contributed by atoms with Gasteiger partial charge in [-0.2, -0.15) is 0 Å². The highest BCUT2D eigenvalue weighted by atomic mass is 35.5. The van der Waals surface area contributed by atoms with Crippen LogP contribution in [0.3, 0.4) is 0 Å². The van der Waals surface area contributed by atoms with Crippen LogP contribution in [-0.2, 0) is 11.1 Å². The molecule has 0 heterocycles. The van der Waals surface area contributed by atoms with Gasteiger partial charge in [0, 0.05) is 4.90 Å². The van der Waals surface area contributed by atoms with E-state index in [-0.39, 0.29) is 20.0 Å². The first-order valence-corrected chi connectivity index (χ1v) is 4.97. The average molecular weight is 245 g/mol. The van der Waals surface area contributed by atoms with Crippen LogP contribution >= 0.6 is 34.8 Å². The number of rotatable bonds is 1. The second kappa shape index (κ2) is 3.94. The molecule has 66 valence electrons. The summed E-state index contributed by atoms with van der Waals surface area (Å²) in [5, 5.41) is 0.467. The SMILES string of the molecule is O=S([O-])c1cc(Cl)c(Cl)cc1Cl. The molecule has 0 spiro atoms. The molecule has 0 saturated carbocycles. The van der Waals surface area contributed by atoms with Crippen LogP contribution in [0.4, 0.5) is 0 Å². The van der Waals surface area contributed by atoms with Gasteiger partial charge in [-0.1, -0.05) is 34.8 Å². The second-order valence-electron chi connectivity index (χ2n) is 1.93. The molecule has 0 amide bonds. The Labute approximate surface area is 86.7 Å². The van der Waals surface area contributed by atoms with Crippen molar-refractivity contribution in [1.29, 1.82) is 0 Å². The van der Waals surface area contributed by atoms with Crippen LogP contribution in [-0.4, -0.2) is 8.76 Å². The first-order chi connectivity index (χ1) is 5.52. The van der Waals surface area contributed by atoms with E-state index in [1.54, 1.807) is 0 Å². The lowest BCUT2D eigenvalue weighted by Gasteiger charge is -2.08. The van der Waals surface area contributed by atoms with Crippen molar-refractivity contribution >= 4 is 45.9 Å². The predicted octanol–water partition coefficient (Wildman–Crippen LogP) is 2.88. The van der Waals surface area contributed by atoms with Crippen LogP contribution in [0.15, 0.2) is 17.0 Å². The third kappa shape index (κ3) is 2.12. The molecule has 0 aromatic heterocycles. The molecule has 2 nitrogen and oxygen atoms in total. The highest BCUT2D eigenvalue weighted by molar-refractivity contribution is 7.79. The summed E-state index contributed by atoms with van der Waals surface area (Å²) in [5.41, 5.74) is 0. The van der Waals surface area contributed by atoms with Crippen molar-refractivity contribution in [3.05, 3.63) is 27.2 Å². The van der Waals surface area contributed by atoms with Crippen LogP contribution in [0.2, 0.25) is 15.1 Å². The molecule has 0 aliphatic rings. The van der Waals surface area contributed by atoms with Gasteiger partial charge >= 0.3 is 0 Å². The lowest BCUT2D eigenvalue weighted by molar-refractivity contribution is 0.537. The summed E-state index contributed by atoms with van der Waals surface area (Å²) in [5.74, 6) is 0. The fourth-order valence-corrected chi connectivity index (χ4v) is 1.86. The minimum atomic E-state index is -2.38. The van der Waals surface area contributed by atoms with Crippen LogP contribution < -0.4 is 0 Å². The van der Waals surface area contributed by atoms with Crippen molar-refractivity contribution in [3.8, 4) is 0 Å². The topological polar surface area (TPSA) is 40.1 Å². The summed E-state index contributed by atoms with van der Waals surface area (Å²) >= 11 is 14.3. The van der Waals surface area contributed by atoms with Gasteiger partial charge in [-0.25, -0.2) is 0 Å². The van der Waals surface area contributed by atoms with Gasteiger partial charge in [-0.15, -0.1) is 0 Å². The van der Waals surface area contributed by atoms with E-state index in [1.807, 2.05) is 0 Å². The van der Waals surface area contributed by atoms with Gasteiger partial charge in [-0.3, -0.25) is 4.21 Å². The average Bonchev–Trinajstić information content (AvgIpc) is 1.96. The van der Waals surface area contributed by atoms with E-state index in [2.05, 4.69) is 0 Å².